The highest BCUT2D eigenvalue weighted by Crippen LogP contribution is 2.18. The molecular formula is C21H27N3O3. The van der Waals surface area contributed by atoms with Crippen LogP contribution in [0.5, 0.6) is 5.75 Å². The van der Waals surface area contributed by atoms with Crippen LogP contribution in [0.15, 0.2) is 54.6 Å². The number of carbonyl (C=O) groups excluding carboxylic acids is 2. The number of amides is 2. The lowest BCUT2D eigenvalue weighted by atomic mass is 10.1. The summed E-state index contributed by atoms with van der Waals surface area (Å²) in [5.74, 6) is 0.520. The van der Waals surface area contributed by atoms with E-state index in [4.69, 9.17) is 4.74 Å². The topological polar surface area (TPSA) is 61.9 Å². The number of ether oxygens (including phenoxy) is 1. The van der Waals surface area contributed by atoms with Gasteiger partial charge in [0.2, 0.25) is 11.8 Å². The summed E-state index contributed by atoms with van der Waals surface area (Å²) in [7, 11) is 5.13. The average Bonchev–Trinajstić information content (AvgIpc) is 2.67. The highest BCUT2D eigenvalue weighted by atomic mass is 16.5. The van der Waals surface area contributed by atoms with Crippen molar-refractivity contribution < 1.29 is 14.3 Å². The molecule has 0 aromatic heterocycles. The molecule has 144 valence electrons. The zero-order chi connectivity index (χ0) is 19.8. The van der Waals surface area contributed by atoms with Crippen LogP contribution in [0.2, 0.25) is 0 Å². The Hall–Kier alpha value is -2.86. The van der Waals surface area contributed by atoms with Crippen molar-refractivity contribution in [3.05, 3.63) is 60.2 Å². The van der Waals surface area contributed by atoms with Gasteiger partial charge in [-0.05, 0) is 43.8 Å². The van der Waals surface area contributed by atoms with Crippen LogP contribution in [0.1, 0.15) is 18.5 Å². The van der Waals surface area contributed by atoms with E-state index in [1.807, 2.05) is 37.3 Å². The number of benzene rings is 2. The standard InChI is InChI=1S/C21H27N3O3/c1-16(17-8-6-5-7-9-17)24(3)21(26)15-23(2)14-20(25)22-18-10-12-19(27-4)13-11-18/h5-13,16H,14-15H2,1-4H3,(H,22,25)/t16-/m0/s1. The molecular weight excluding hydrogens is 342 g/mol. The molecule has 6 nitrogen and oxygen atoms in total. The van der Waals surface area contributed by atoms with E-state index in [1.165, 1.54) is 0 Å². The summed E-state index contributed by atoms with van der Waals surface area (Å²) < 4.78 is 5.09. The minimum atomic E-state index is -0.172. The molecule has 0 heterocycles. The van der Waals surface area contributed by atoms with Gasteiger partial charge in [0.25, 0.3) is 0 Å². The summed E-state index contributed by atoms with van der Waals surface area (Å²) in [5, 5.41) is 2.81. The summed E-state index contributed by atoms with van der Waals surface area (Å²) in [4.78, 5) is 28.1. The van der Waals surface area contributed by atoms with E-state index >= 15 is 0 Å². The van der Waals surface area contributed by atoms with E-state index in [2.05, 4.69) is 5.32 Å². The normalized spacial score (nSPS) is 11.7. The molecule has 2 aromatic carbocycles. The number of carbonyl (C=O) groups is 2. The summed E-state index contributed by atoms with van der Waals surface area (Å²) in [6, 6.07) is 17.0. The Morgan fingerprint density at radius 2 is 1.63 bits per heavy atom. The van der Waals surface area contributed by atoms with Crippen LogP contribution in [-0.4, -0.2) is 55.9 Å². The van der Waals surface area contributed by atoms with E-state index in [0.29, 0.717) is 5.69 Å². The van der Waals surface area contributed by atoms with Gasteiger partial charge >= 0.3 is 0 Å². The number of rotatable bonds is 8. The van der Waals surface area contributed by atoms with Crippen LogP contribution in [0.4, 0.5) is 5.69 Å². The molecule has 6 heteroatoms. The summed E-state index contributed by atoms with van der Waals surface area (Å²) in [5.41, 5.74) is 1.77. The van der Waals surface area contributed by atoms with Crippen LogP contribution in [-0.2, 0) is 9.59 Å². The second-order valence-corrected chi connectivity index (χ2v) is 6.54. The summed E-state index contributed by atoms with van der Waals surface area (Å²) >= 11 is 0. The molecule has 0 fully saturated rings. The first-order valence-corrected chi connectivity index (χ1v) is 8.83. The van der Waals surface area contributed by atoms with Gasteiger partial charge in [0.1, 0.15) is 5.75 Å². The first-order chi connectivity index (χ1) is 12.9. The van der Waals surface area contributed by atoms with Gasteiger partial charge in [-0.3, -0.25) is 14.5 Å². The smallest absolute Gasteiger partial charge is 0.238 e. The van der Waals surface area contributed by atoms with Gasteiger partial charge in [-0.2, -0.15) is 0 Å². The third kappa shape index (κ3) is 6.11. The van der Waals surface area contributed by atoms with E-state index in [9.17, 15) is 9.59 Å². The molecule has 0 bridgehead atoms. The lowest BCUT2D eigenvalue weighted by molar-refractivity contribution is -0.133. The maximum atomic E-state index is 12.5. The molecule has 27 heavy (non-hydrogen) atoms. The maximum Gasteiger partial charge on any atom is 0.238 e. The average molecular weight is 369 g/mol. The van der Waals surface area contributed by atoms with Crippen LogP contribution in [0.3, 0.4) is 0 Å². The molecule has 0 aliphatic rings. The van der Waals surface area contributed by atoms with Gasteiger partial charge in [0.05, 0.1) is 26.2 Å². The zero-order valence-electron chi connectivity index (χ0n) is 16.3. The first-order valence-electron chi connectivity index (χ1n) is 8.83. The second kappa shape index (κ2) is 9.73. The van der Waals surface area contributed by atoms with Crippen LogP contribution in [0.25, 0.3) is 0 Å². The molecule has 1 N–H and O–H groups in total. The number of anilines is 1. The molecule has 0 spiro atoms. The first kappa shape index (κ1) is 20.5. The van der Waals surface area contributed by atoms with Crippen molar-refractivity contribution in [3.63, 3.8) is 0 Å². The van der Waals surface area contributed by atoms with Gasteiger partial charge in [0, 0.05) is 12.7 Å². The number of hydrogen-bond acceptors (Lipinski definition) is 4. The molecule has 0 radical (unpaired) electrons. The number of nitrogens with zero attached hydrogens (tertiary/aromatic N) is 2. The maximum absolute atomic E-state index is 12.5. The molecule has 1 atom stereocenters. The Morgan fingerprint density at radius 3 is 2.22 bits per heavy atom. The van der Waals surface area contributed by atoms with Crippen molar-refractivity contribution in [2.24, 2.45) is 0 Å². The minimum absolute atomic E-state index is 0.0276. The number of likely N-dealkylation sites (N-methyl/N-ethyl adjacent to an activating group) is 2. The largest absolute Gasteiger partial charge is 0.497 e. The number of methoxy groups -OCH3 is 1. The van der Waals surface area contributed by atoms with Crippen LogP contribution < -0.4 is 10.1 Å². The van der Waals surface area contributed by atoms with Crippen molar-refractivity contribution >= 4 is 17.5 Å². The van der Waals surface area contributed by atoms with Crippen molar-refractivity contribution in [2.75, 3.05) is 39.6 Å². The predicted octanol–water partition coefficient (Wildman–Crippen LogP) is 2.79. The summed E-state index contributed by atoms with van der Waals surface area (Å²) in [6.07, 6.45) is 0. The third-order valence-corrected chi connectivity index (χ3v) is 4.45. The van der Waals surface area contributed by atoms with Gasteiger partial charge in [-0.15, -0.1) is 0 Å². The van der Waals surface area contributed by atoms with Crippen molar-refractivity contribution in [1.29, 1.82) is 0 Å². The zero-order valence-corrected chi connectivity index (χ0v) is 16.3. The van der Waals surface area contributed by atoms with Crippen molar-refractivity contribution in [3.8, 4) is 5.75 Å². The monoisotopic (exact) mass is 369 g/mol. The molecule has 2 aromatic rings. The van der Waals surface area contributed by atoms with E-state index < -0.39 is 0 Å². The van der Waals surface area contributed by atoms with Crippen molar-refractivity contribution in [1.82, 2.24) is 9.80 Å². The van der Waals surface area contributed by atoms with Crippen molar-refractivity contribution in [2.45, 2.75) is 13.0 Å². The number of hydrogen-bond donors (Lipinski definition) is 1. The molecule has 0 aliphatic carbocycles. The quantitative estimate of drug-likeness (QED) is 0.777. The second-order valence-electron chi connectivity index (χ2n) is 6.54. The summed E-state index contributed by atoms with van der Waals surface area (Å²) in [6.45, 7) is 2.29. The molecule has 0 unspecified atom stereocenters. The Balaban J connectivity index is 1.83. The molecule has 2 rings (SSSR count). The predicted molar refractivity (Wildman–Crippen MR) is 107 cm³/mol. The minimum Gasteiger partial charge on any atom is -0.497 e. The fourth-order valence-corrected chi connectivity index (χ4v) is 2.69. The Labute approximate surface area is 160 Å². The van der Waals surface area contributed by atoms with E-state index in [1.54, 1.807) is 55.3 Å². The lowest BCUT2D eigenvalue weighted by Crippen LogP contribution is -2.40. The van der Waals surface area contributed by atoms with Gasteiger partial charge in [-0.1, -0.05) is 30.3 Å². The highest BCUT2D eigenvalue weighted by molar-refractivity contribution is 5.92. The fourth-order valence-electron chi connectivity index (χ4n) is 2.69. The van der Waals surface area contributed by atoms with Gasteiger partial charge < -0.3 is 15.0 Å². The molecule has 2 amide bonds. The Kier molecular flexibility index (Phi) is 7.37. The molecule has 0 aliphatic heterocycles. The molecule has 0 saturated carbocycles. The fraction of sp³-hybridized carbons (Fsp3) is 0.333. The SMILES string of the molecule is COc1ccc(NC(=O)CN(C)CC(=O)N(C)[C@@H](C)c2ccccc2)cc1. The van der Waals surface area contributed by atoms with Gasteiger partial charge in [-0.25, -0.2) is 0 Å². The third-order valence-electron chi connectivity index (χ3n) is 4.45. The van der Waals surface area contributed by atoms with Crippen LogP contribution in [0, 0.1) is 0 Å². The highest BCUT2D eigenvalue weighted by Gasteiger charge is 2.19. The number of nitrogens with one attached hydrogen (secondary N) is 1. The molecule has 0 saturated heterocycles. The van der Waals surface area contributed by atoms with Gasteiger partial charge in [0.15, 0.2) is 0 Å². The Morgan fingerprint density at radius 1 is 1.00 bits per heavy atom. The van der Waals surface area contributed by atoms with E-state index in [-0.39, 0.29) is 30.9 Å². The van der Waals surface area contributed by atoms with E-state index in [0.717, 1.165) is 11.3 Å². The Bertz CT molecular complexity index is 747. The lowest BCUT2D eigenvalue weighted by Gasteiger charge is -2.27. The van der Waals surface area contributed by atoms with Crippen LogP contribution >= 0.6 is 0 Å².